The molecule has 1 N–H and O–H groups in total. The van der Waals surface area contributed by atoms with E-state index < -0.39 is 5.91 Å². The van der Waals surface area contributed by atoms with Gasteiger partial charge in [0.15, 0.2) is 0 Å². The highest BCUT2D eigenvalue weighted by Gasteiger charge is 2.13. The Morgan fingerprint density at radius 2 is 1.78 bits per heavy atom. The van der Waals surface area contributed by atoms with Crippen molar-refractivity contribution < 1.29 is 9.53 Å². The number of nitriles is 2. The largest absolute Gasteiger partial charge is 0.487 e. The number of benzene rings is 3. The van der Waals surface area contributed by atoms with Crippen molar-refractivity contribution in [2.24, 2.45) is 0 Å². The summed E-state index contributed by atoms with van der Waals surface area (Å²) in [6.07, 6.45) is 1.56. The van der Waals surface area contributed by atoms with Crippen LogP contribution in [0.5, 0.6) is 5.75 Å². The fraction of sp³-hybridized carbons (Fsp3) is 0.0800. The Bertz CT molecular complexity index is 1260. The van der Waals surface area contributed by atoms with Crippen LogP contribution >= 0.6 is 45.2 Å². The van der Waals surface area contributed by atoms with Gasteiger partial charge in [0, 0.05) is 11.3 Å². The highest BCUT2D eigenvalue weighted by Crippen LogP contribution is 2.31. The Balaban J connectivity index is 1.79. The van der Waals surface area contributed by atoms with Gasteiger partial charge in [-0.05, 0) is 99.6 Å². The van der Waals surface area contributed by atoms with Crippen LogP contribution in [-0.2, 0) is 11.4 Å². The van der Waals surface area contributed by atoms with Crippen molar-refractivity contribution in [3.05, 3.63) is 95.6 Å². The lowest BCUT2D eigenvalue weighted by molar-refractivity contribution is -0.112. The van der Waals surface area contributed by atoms with E-state index in [1.54, 1.807) is 18.2 Å². The molecular formula is C25H17I2N3O2. The summed E-state index contributed by atoms with van der Waals surface area (Å²) in [5.41, 5.74) is 3.78. The van der Waals surface area contributed by atoms with Gasteiger partial charge in [-0.2, -0.15) is 10.5 Å². The minimum Gasteiger partial charge on any atom is -0.487 e. The normalized spacial score (nSPS) is 10.7. The molecule has 3 aromatic rings. The van der Waals surface area contributed by atoms with Crippen molar-refractivity contribution in [1.82, 2.24) is 0 Å². The number of ether oxygens (including phenoxy) is 1. The SMILES string of the molecule is Cc1cccc(NC(=O)/C(C#N)=C\c2cc(I)c(OCc3ccccc3C#N)c(I)c2)c1. The molecule has 0 aliphatic carbocycles. The topological polar surface area (TPSA) is 85.9 Å². The van der Waals surface area contributed by atoms with E-state index >= 15 is 0 Å². The van der Waals surface area contributed by atoms with Crippen molar-refractivity contribution in [1.29, 1.82) is 10.5 Å². The number of rotatable bonds is 6. The number of amides is 1. The van der Waals surface area contributed by atoms with Gasteiger partial charge in [-0.3, -0.25) is 4.79 Å². The lowest BCUT2D eigenvalue weighted by Gasteiger charge is -2.12. The van der Waals surface area contributed by atoms with Gasteiger partial charge in [-0.25, -0.2) is 0 Å². The second kappa shape index (κ2) is 11.1. The number of aryl methyl sites for hydroxylation is 1. The van der Waals surface area contributed by atoms with Gasteiger partial charge >= 0.3 is 0 Å². The quantitative estimate of drug-likeness (QED) is 0.197. The Morgan fingerprint density at radius 3 is 2.44 bits per heavy atom. The van der Waals surface area contributed by atoms with Gasteiger partial charge in [0.1, 0.15) is 24.0 Å². The molecule has 0 atom stereocenters. The third-order valence-corrected chi connectivity index (χ3v) is 6.09. The zero-order valence-corrected chi connectivity index (χ0v) is 21.3. The Labute approximate surface area is 214 Å². The number of carbonyl (C=O) groups is 1. The zero-order valence-electron chi connectivity index (χ0n) is 17.0. The van der Waals surface area contributed by atoms with Crippen LogP contribution in [0.15, 0.2) is 66.2 Å². The van der Waals surface area contributed by atoms with E-state index in [1.165, 1.54) is 0 Å². The van der Waals surface area contributed by atoms with E-state index in [9.17, 15) is 15.3 Å². The first-order chi connectivity index (χ1) is 15.4. The monoisotopic (exact) mass is 645 g/mol. The van der Waals surface area contributed by atoms with Crippen molar-refractivity contribution >= 4 is 62.9 Å². The summed E-state index contributed by atoms with van der Waals surface area (Å²) in [7, 11) is 0. The van der Waals surface area contributed by atoms with Gasteiger partial charge in [0.05, 0.1) is 18.8 Å². The van der Waals surface area contributed by atoms with E-state index in [2.05, 4.69) is 56.6 Å². The van der Waals surface area contributed by atoms with Crippen LogP contribution in [-0.4, -0.2) is 5.91 Å². The van der Waals surface area contributed by atoms with Gasteiger partial charge in [0.25, 0.3) is 5.91 Å². The number of anilines is 1. The maximum atomic E-state index is 12.6. The van der Waals surface area contributed by atoms with Gasteiger partial charge < -0.3 is 10.1 Å². The van der Waals surface area contributed by atoms with Crippen LogP contribution in [0.4, 0.5) is 5.69 Å². The second-order valence-electron chi connectivity index (χ2n) is 6.86. The highest BCUT2D eigenvalue weighted by atomic mass is 127. The van der Waals surface area contributed by atoms with Crippen LogP contribution in [0.2, 0.25) is 0 Å². The first kappa shape index (κ1) is 23.8. The molecule has 0 bridgehead atoms. The average molecular weight is 645 g/mol. The summed E-state index contributed by atoms with van der Waals surface area (Å²) in [5, 5.41) is 21.5. The highest BCUT2D eigenvalue weighted by molar-refractivity contribution is 14.1. The molecule has 1 amide bonds. The molecule has 0 heterocycles. The number of nitrogens with one attached hydrogen (secondary N) is 1. The van der Waals surface area contributed by atoms with E-state index in [-0.39, 0.29) is 12.2 Å². The summed E-state index contributed by atoms with van der Waals surface area (Å²) in [6.45, 7) is 2.20. The Morgan fingerprint density at radius 1 is 1.06 bits per heavy atom. The number of hydrogen-bond donors (Lipinski definition) is 1. The standard InChI is InChI=1S/C25H17I2N3O2/c1-16-5-4-8-21(9-16)30-25(31)20(14-29)10-17-11-22(26)24(23(27)12-17)32-15-19-7-3-2-6-18(19)13-28/h2-12H,15H2,1H3,(H,30,31)/b20-10-. The molecule has 0 unspecified atom stereocenters. The van der Waals surface area contributed by atoms with Gasteiger partial charge in [-0.1, -0.05) is 30.3 Å². The molecule has 0 spiro atoms. The van der Waals surface area contributed by atoms with Crippen molar-refractivity contribution in [2.45, 2.75) is 13.5 Å². The molecule has 5 nitrogen and oxygen atoms in total. The predicted octanol–water partition coefficient (Wildman–Crippen LogP) is 6.20. The minimum absolute atomic E-state index is 0.00900. The zero-order chi connectivity index (χ0) is 23.1. The fourth-order valence-corrected chi connectivity index (χ4v) is 5.07. The minimum atomic E-state index is -0.462. The molecule has 0 aliphatic heterocycles. The first-order valence-corrected chi connectivity index (χ1v) is 11.7. The second-order valence-corrected chi connectivity index (χ2v) is 9.19. The van der Waals surface area contributed by atoms with Crippen molar-refractivity contribution in [3.8, 4) is 17.9 Å². The Hall–Kier alpha value is -2.89. The summed E-state index contributed by atoms with van der Waals surface area (Å²) in [6, 6.07) is 22.6. The molecule has 0 fully saturated rings. The lowest BCUT2D eigenvalue weighted by Crippen LogP contribution is -2.13. The molecule has 0 saturated heterocycles. The molecule has 32 heavy (non-hydrogen) atoms. The molecule has 0 aromatic heterocycles. The summed E-state index contributed by atoms with van der Waals surface area (Å²) in [5.74, 6) is 0.232. The van der Waals surface area contributed by atoms with Gasteiger partial charge in [0.2, 0.25) is 0 Å². The van der Waals surface area contributed by atoms with Crippen molar-refractivity contribution in [3.63, 3.8) is 0 Å². The van der Waals surface area contributed by atoms with E-state index in [0.29, 0.717) is 17.0 Å². The number of nitrogens with zero attached hydrogens (tertiary/aromatic N) is 2. The first-order valence-electron chi connectivity index (χ1n) is 9.51. The van der Waals surface area contributed by atoms with E-state index in [4.69, 9.17) is 4.74 Å². The summed E-state index contributed by atoms with van der Waals surface area (Å²) in [4.78, 5) is 12.6. The molecule has 0 aliphatic rings. The fourth-order valence-electron chi connectivity index (χ4n) is 2.94. The molecule has 0 radical (unpaired) electrons. The number of hydrogen-bond acceptors (Lipinski definition) is 4. The molecule has 3 rings (SSSR count). The third kappa shape index (κ3) is 6.09. The predicted molar refractivity (Wildman–Crippen MR) is 141 cm³/mol. The maximum Gasteiger partial charge on any atom is 0.266 e. The molecule has 7 heteroatoms. The van der Waals surface area contributed by atoms with Crippen LogP contribution in [0, 0.1) is 36.7 Å². The van der Waals surface area contributed by atoms with E-state index in [0.717, 1.165) is 23.8 Å². The molecular weight excluding hydrogens is 628 g/mol. The summed E-state index contributed by atoms with van der Waals surface area (Å²) >= 11 is 4.33. The summed E-state index contributed by atoms with van der Waals surface area (Å²) < 4.78 is 7.67. The van der Waals surface area contributed by atoms with Crippen LogP contribution in [0.25, 0.3) is 6.08 Å². The number of carbonyl (C=O) groups excluding carboxylic acids is 1. The maximum absolute atomic E-state index is 12.6. The van der Waals surface area contributed by atoms with E-state index in [1.807, 2.05) is 61.5 Å². The average Bonchev–Trinajstić information content (AvgIpc) is 2.77. The lowest BCUT2D eigenvalue weighted by atomic mass is 10.1. The molecule has 3 aromatic carbocycles. The van der Waals surface area contributed by atoms with Crippen LogP contribution < -0.4 is 10.1 Å². The molecule has 158 valence electrons. The molecule has 0 saturated carbocycles. The van der Waals surface area contributed by atoms with Crippen LogP contribution in [0.3, 0.4) is 0 Å². The smallest absolute Gasteiger partial charge is 0.266 e. The van der Waals surface area contributed by atoms with Crippen molar-refractivity contribution in [2.75, 3.05) is 5.32 Å². The van der Waals surface area contributed by atoms with Gasteiger partial charge in [-0.15, -0.1) is 0 Å². The Kier molecular flexibility index (Phi) is 8.26. The number of halogens is 2. The van der Waals surface area contributed by atoms with Crippen LogP contribution in [0.1, 0.15) is 22.3 Å². The third-order valence-electron chi connectivity index (χ3n) is 4.48.